The van der Waals surface area contributed by atoms with Crippen molar-refractivity contribution >= 4 is 17.7 Å². The second-order valence-electron chi connectivity index (χ2n) is 8.52. The van der Waals surface area contributed by atoms with Crippen LogP contribution in [0.5, 0.6) is 5.75 Å². The van der Waals surface area contributed by atoms with Gasteiger partial charge in [-0.15, -0.1) is 0 Å². The Bertz CT molecular complexity index is 1190. The van der Waals surface area contributed by atoms with Gasteiger partial charge in [0.1, 0.15) is 11.6 Å². The zero-order chi connectivity index (χ0) is 25.2. The standard InChI is InChI=1S/C23H28FN5O5/c1-13-11-14(8-9-15(13)24)12-25-20(31)17-18(30)21(32)29-10-6-5-7-16(19(29)26-17)28(4)23(34)22(33)27(2)3/h8-9,11,16,30H,5-7,10,12H2,1-4H3,(H,25,31). The molecule has 34 heavy (non-hydrogen) atoms. The third-order valence-corrected chi connectivity index (χ3v) is 5.85. The molecule has 0 radical (unpaired) electrons. The fraction of sp³-hybridized carbons (Fsp3) is 0.435. The number of aryl methyl sites for hydroxylation is 1. The number of nitrogens with one attached hydrogen (secondary N) is 1. The first-order valence-electron chi connectivity index (χ1n) is 10.9. The molecule has 0 saturated carbocycles. The quantitative estimate of drug-likeness (QED) is 0.641. The largest absolute Gasteiger partial charge is 0.501 e. The first-order chi connectivity index (χ1) is 16.0. The molecule has 3 amide bonds. The van der Waals surface area contributed by atoms with Crippen LogP contribution in [0.15, 0.2) is 23.0 Å². The predicted octanol–water partition coefficient (Wildman–Crippen LogP) is 1.10. The Kier molecular flexibility index (Phi) is 7.33. The highest BCUT2D eigenvalue weighted by molar-refractivity contribution is 6.34. The van der Waals surface area contributed by atoms with Gasteiger partial charge in [0, 0.05) is 34.2 Å². The van der Waals surface area contributed by atoms with Crippen LogP contribution in [0.1, 0.15) is 52.7 Å². The molecule has 0 fully saturated rings. The number of halogens is 1. The number of hydrogen-bond acceptors (Lipinski definition) is 6. The number of amides is 3. The predicted molar refractivity (Wildman–Crippen MR) is 121 cm³/mol. The Morgan fingerprint density at radius 2 is 1.91 bits per heavy atom. The number of aromatic hydroxyl groups is 1. The summed E-state index contributed by atoms with van der Waals surface area (Å²) in [5, 5.41) is 13.0. The lowest BCUT2D eigenvalue weighted by atomic mass is 10.1. The topological polar surface area (TPSA) is 125 Å². The molecule has 0 spiro atoms. The normalized spacial score (nSPS) is 15.1. The maximum absolute atomic E-state index is 13.5. The minimum Gasteiger partial charge on any atom is -0.501 e. The lowest BCUT2D eigenvalue weighted by Crippen LogP contribution is -2.43. The van der Waals surface area contributed by atoms with Gasteiger partial charge in [-0.2, -0.15) is 0 Å². The first-order valence-corrected chi connectivity index (χ1v) is 10.9. The first kappa shape index (κ1) is 24.9. The van der Waals surface area contributed by atoms with E-state index in [1.54, 1.807) is 13.0 Å². The summed E-state index contributed by atoms with van der Waals surface area (Å²) in [5.74, 6) is -3.33. The van der Waals surface area contributed by atoms with Crippen molar-refractivity contribution in [1.29, 1.82) is 0 Å². The summed E-state index contributed by atoms with van der Waals surface area (Å²) in [6, 6.07) is 3.64. The zero-order valence-electron chi connectivity index (χ0n) is 19.6. The van der Waals surface area contributed by atoms with E-state index in [-0.39, 0.29) is 24.7 Å². The van der Waals surface area contributed by atoms with Crippen LogP contribution < -0.4 is 10.9 Å². The minimum absolute atomic E-state index is 0.0264. The molecule has 1 unspecified atom stereocenters. The van der Waals surface area contributed by atoms with Crippen LogP contribution in [0.2, 0.25) is 0 Å². The van der Waals surface area contributed by atoms with Gasteiger partial charge in [-0.1, -0.05) is 12.1 Å². The summed E-state index contributed by atoms with van der Waals surface area (Å²) in [7, 11) is 4.36. The highest BCUT2D eigenvalue weighted by atomic mass is 19.1. The van der Waals surface area contributed by atoms with Gasteiger partial charge >= 0.3 is 11.8 Å². The highest BCUT2D eigenvalue weighted by Gasteiger charge is 2.33. The van der Waals surface area contributed by atoms with Gasteiger partial charge in [0.15, 0.2) is 5.69 Å². The molecule has 0 aliphatic carbocycles. The van der Waals surface area contributed by atoms with E-state index in [9.17, 15) is 28.7 Å². The van der Waals surface area contributed by atoms with E-state index in [1.165, 1.54) is 42.7 Å². The molecule has 10 nitrogen and oxygen atoms in total. The smallest absolute Gasteiger partial charge is 0.312 e. The average molecular weight is 474 g/mol. The van der Waals surface area contributed by atoms with Crippen molar-refractivity contribution in [3.05, 3.63) is 57.0 Å². The monoisotopic (exact) mass is 473 g/mol. The molecule has 2 N–H and O–H groups in total. The SMILES string of the molecule is Cc1cc(CNC(=O)c2nc3n(c(=O)c2O)CCCCC3N(C)C(=O)C(=O)N(C)C)ccc1F. The van der Waals surface area contributed by atoms with Crippen LogP contribution in [0.3, 0.4) is 0 Å². The summed E-state index contributed by atoms with van der Waals surface area (Å²) in [5.41, 5.74) is -0.219. The number of carbonyl (C=O) groups is 3. The van der Waals surface area contributed by atoms with Crippen molar-refractivity contribution in [1.82, 2.24) is 24.7 Å². The van der Waals surface area contributed by atoms with Gasteiger partial charge in [0.05, 0.1) is 6.04 Å². The molecule has 1 aromatic heterocycles. The summed E-state index contributed by atoms with van der Waals surface area (Å²) in [4.78, 5) is 57.2. The van der Waals surface area contributed by atoms with Gasteiger partial charge in [0.2, 0.25) is 5.75 Å². The molecule has 1 aliphatic heterocycles. The third-order valence-electron chi connectivity index (χ3n) is 5.85. The van der Waals surface area contributed by atoms with Crippen molar-refractivity contribution in [2.24, 2.45) is 0 Å². The molecule has 2 aromatic rings. The molecule has 3 rings (SSSR count). The van der Waals surface area contributed by atoms with Gasteiger partial charge in [-0.3, -0.25) is 23.7 Å². The van der Waals surface area contributed by atoms with Crippen molar-refractivity contribution in [3.8, 4) is 5.75 Å². The summed E-state index contributed by atoms with van der Waals surface area (Å²) >= 11 is 0. The van der Waals surface area contributed by atoms with Crippen molar-refractivity contribution in [2.75, 3.05) is 21.1 Å². The molecule has 11 heteroatoms. The number of likely N-dealkylation sites (N-methyl/N-ethyl adjacent to an activating group) is 2. The maximum atomic E-state index is 13.5. The van der Waals surface area contributed by atoms with E-state index < -0.39 is 40.8 Å². The molecule has 1 atom stereocenters. The summed E-state index contributed by atoms with van der Waals surface area (Å²) in [6.07, 6.45) is 1.67. The van der Waals surface area contributed by atoms with Crippen LogP contribution in [0.25, 0.3) is 0 Å². The van der Waals surface area contributed by atoms with Crippen LogP contribution in [-0.2, 0) is 22.7 Å². The number of rotatable bonds is 4. The summed E-state index contributed by atoms with van der Waals surface area (Å²) in [6.45, 7) is 1.88. The molecule has 0 bridgehead atoms. The number of hydrogen-bond donors (Lipinski definition) is 2. The van der Waals surface area contributed by atoms with Crippen LogP contribution in [0, 0.1) is 12.7 Å². The third kappa shape index (κ3) is 4.92. The summed E-state index contributed by atoms with van der Waals surface area (Å²) < 4.78 is 14.7. The highest BCUT2D eigenvalue weighted by Crippen LogP contribution is 2.28. The molecular weight excluding hydrogens is 445 g/mol. The van der Waals surface area contributed by atoms with E-state index in [1.807, 2.05) is 0 Å². The van der Waals surface area contributed by atoms with Gasteiger partial charge in [-0.05, 0) is 43.4 Å². The van der Waals surface area contributed by atoms with Crippen LogP contribution >= 0.6 is 0 Å². The van der Waals surface area contributed by atoms with E-state index >= 15 is 0 Å². The molecular formula is C23H28FN5O5. The van der Waals surface area contributed by atoms with E-state index in [0.29, 0.717) is 30.4 Å². The lowest BCUT2D eigenvalue weighted by Gasteiger charge is -2.28. The number of fused-ring (bicyclic) bond motifs is 1. The number of carbonyl (C=O) groups excluding carboxylic acids is 3. The maximum Gasteiger partial charge on any atom is 0.312 e. The van der Waals surface area contributed by atoms with Crippen LogP contribution in [-0.4, -0.2) is 63.3 Å². The van der Waals surface area contributed by atoms with Crippen molar-refractivity contribution < 1.29 is 23.9 Å². The Morgan fingerprint density at radius 3 is 2.56 bits per heavy atom. The van der Waals surface area contributed by atoms with Gasteiger partial charge in [0.25, 0.3) is 11.5 Å². The Labute approximate surface area is 196 Å². The number of aromatic nitrogens is 2. The van der Waals surface area contributed by atoms with Crippen molar-refractivity contribution in [2.45, 2.75) is 45.3 Å². The second kappa shape index (κ2) is 10.0. The van der Waals surface area contributed by atoms with Crippen molar-refractivity contribution in [3.63, 3.8) is 0 Å². The lowest BCUT2D eigenvalue weighted by molar-refractivity contribution is -0.151. The second-order valence-corrected chi connectivity index (χ2v) is 8.52. The average Bonchev–Trinajstić information content (AvgIpc) is 3.02. The Morgan fingerprint density at radius 1 is 1.21 bits per heavy atom. The molecule has 2 heterocycles. The fourth-order valence-electron chi connectivity index (χ4n) is 3.86. The molecule has 182 valence electrons. The van der Waals surface area contributed by atoms with Gasteiger partial charge in [-0.25, -0.2) is 9.37 Å². The van der Waals surface area contributed by atoms with Crippen LogP contribution in [0.4, 0.5) is 4.39 Å². The minimum atomic E-state index is -0.796. The molecule has 0 saturated heterocycles. The number of nitrogens with zero attached hydrogens (tertiary/aromatic N) is 4. The van der Waals surface area contributed by atoms with Gasteiger partial charge < -0.3 is 20.2 Å². The van der Waals surface area contributed by atoms with E-state index in [4.69, 9.17) is 0 Å². The Balaban J connectivity index is 1.95. The van der Waals surface area contributed by atoms with E-state index in [0.717, 1.165) is 4.90 Å². The number of benzene rings is 1. The fourth-order valence-corrected chi connectivity index (χ4v) is 3.86. The molecule has 1 aromatic carbocycles. The zero-order valence-corrected chi connectivity index (χ0v) is 19.6. The Hall–Kier alpha value is -3.76. The van der Waals surface area contributed by atoms with E-state index in [2.05, 4.69) is 10.3 Å². The molecule has 1 aliphatic rings.